The number of H-pyrrole nitrogens is 1. The van der Waals surface area contributed by atoms with Crippen LogP contribution >= 0.6 is 11.3 Å². The van der Waals surface area contributed by atoms with Crippen LogP contribution in [0.2, 0.25) is 0 Å². The summed E-state index contributed by atoms with van der Waals surface area (Å²) < 4.78 is 26.5. The van der Waals surface area contributed by atoms with E-state index in [1.165, 1.54) is 12.1 Å². The third-order valence-electron chi connectivity index (χ3n) is 2.36. The van der Waals surface area contributed by atoms with Gasteiger partial charge in [-0.25, -0.2) is 13.1 Å². The minimum Gasteiger partial charge on any atom is -0.481 e. The SMILES string of the molecule is O=C(O)Cc1ccc(S(=O)(=O)NCc2cc[nH]c2)s1. The molecule has 2 heterocycles. The Morgan fingerprint density at radius 3 is 2.79 bits per heavy atom. The van der Waals surface area contributed by atoms with Crippen molar-refractivity contribution in [2.75, 3.05) is 0 Å². The lowest BCUT2D eigenvalue weighted by Gasteiger charge is -2.02. The summed E-state index contributed by atoms with van der Waals surface area (Å²) in [7, 11) is -3.59. The summed E-state index contributed by atoms with van der Waals surface area (Å²) in [5, 5.41) is 8.65. The first-order valence-corrected chi connectivity index (χ1v) is 7.69. The molecule has 0 spiro atoms. The maximum Gasteiger partial charge on any atom is 0.308 e. The quantitative estimate of drug-likeness (QED) is 0.746. The normalized spacial score (nSPS) is 11.6. The fourth-order valence-corrected chi connectivity index (χ4v) is 3.87. The van der Waals surface area contributed by atoms with Crippen LogP contribution in [0.5, 0.6) is 0 Å². The number of sulfonamides is 1. The summed E-state index contributed by atoms with van der Waals surface area (Å²) in [5.74, 6) is -0.980. The van der Waals surface area contributed by atoms with Crippen LogP contribution in [-0.4, -0.2) is 24.5 Å². The molecule has 0 bridgehead atoms. The van der Waals surface area contributed by atoms with Crippen molar-refractivity contribution in [3.05, 3.63) is 41.0 Å². The van der Waals surface area contributed by atoms with Crippen LogP contribution in [0.1, 0.15) is 10.4 Å². The second-order valence-electron chi connectivity index (χ2n) is 3.84. The van der Waals surface area contributed by atoms with Crippen LogP contribution < -0.4 is 4.72 Å². The van der Waals surface area contributed by atoms with E-state index in [1.807, 2.05) is 0 Å². The van der Waals surface area contributed by atoms with E-state index in [0.29, 0.717) is 4.88 Å². The van der Waals surface area contributed by atoms with E-state index in [0.717, 1.165) is 16.9 Å². The van der Waals surface area contributed by atoms with Gasteiger partial charge >= 0.3 is 5.97 Å². The first kappa shape index (κ1) is 13.8. The second-order valence-corrected chi connectivity index (χ2v) is 7.00. The molecule has 2 aromatic heterocycles. The van der Waals surface area contributed by atoms with E-state index >= 15 is 0 Å². The van der Waals surface area contributed by atoms with E-state index in [2.05, 4.69) is 9.71 Å². The summed E-state index contributed by atoms with van der Waals surface area (Å²) >= 11 is 0.966. The Labute approximate surface area is 114 Å². The van der Waals surface area contributed by atoms with Gasteiger partial charge in [0.2, 0.25) is 10.0 Å². The Balaban J connectivity index is 2.06. The maximum absolute atomic E-state index is 12.0. The van der Waals surface area contributed by atoms with Crippen LogP contribution in [-0.2, 0) is 27.8 Å². The number of carboxylic acids is 1. The fourth-order valence-electron chi connectivity index (χ4n) is 1.46. The molecule has 0 aliphatic rings. The Kier molecular flexibility index (Phi) is 4.03. The minimum atomic E-state index is -3.59. The zero-order valence-electron chi connectivity index (χ0n) is 9.79. The maximum atomic E-state index is 12.0. The molecule has 2 aromatic rings. The highest BCUT2D eigenvalue weighted by molar-refractivity contribution is 7.91. The highest BCUT2D eigenvalue weighted by Crippen LogP contribution is 2.22. The van der Waals surface area contributed by atoms with Crippen LogP contribution in [0, 0.1) is 0 Å². The average Bonchev–Trinajstić information content (AvgIpc) is 2.96. The summed E-state index contributed by atoms with van der Waals surface area (Å²) in [4.78, 5) is 13.9. The molecule has 3 N–H and O–H groups in total. The third kappa shape index (κ3) is 3.66. The summed E-state index contributed by atoms with van der Waals surface area (Å²) in [5.41, 5.74) is 0.825. The van der Waals surface area contributed by atoms with Gasteiger partial charge in [0.05, 0.1) is 6.42 Å². The molecular weight excluding hydrogens is 288 g/mol. The fraction of sp³-hybridized carbons (Fsp3) is 0.182. The topological polar surface area (TPSA) is 99.3 Å². The predicted octanol–water partition coefficient (Wildman–Crippen LogP) is 1.18. The van der Waals surface area contributed by atoms with Gasteiger partial charge in [0, 0.05) is 23.8 Å². The number of aromatic nitrogens is 1. The van der Waals surface area contributed by atoms with Crippen molar-refractivity contribution in [1.29, 1.82) is 0 Å². The number of hydrogen-bond acceptors (Lipinski definition) is 4. The smallest absolute Gasteiger partial charge is 0.308 e. The Morgan fingerprint density at radius 1 is 1.37 bits per heavy atom. The van der Waals surface area contributed by atoms with E-state index < -0.39 is 16.0 Å². The molecule has 102 valence electrons. The summed E-state index contributed by atoms with van der Waals surface area (Å²) in [6.07, 6.45) is 3.24. The first-order chi connectivity index (χ1) is 8.97. The van der Waals surface area contributed by atoms with Crippen molar-refractivity contribution in [1.82, 2.24) is 9.71 Å². The van der Waals surface area contributed by atoms with Crippen molar-refractivity contribution in [3.63, 3.8) is 0 Å². The molecule has 0 saturated carbocycles. The third-order valence-corrected chi connectivity index (χ3v) is 5.33. The lowest BCUT2D eigenvalue weighted by molar-refractivity contribution is -0.136. The van der Waals surface area contributed by atoms with Crippen molar-refractivity contribution < 1.29 is 18.3 Å². The molecule has 0 radical (unpaired) electrons. The Bertz CT molecular complexity index is 659. The average molecular weight is 300 g/mol. The lowest BCUT2D eigenvalue weighted by atomic mass is 10.3. The number of thiophene rings is 1. The molecule has 0 aromatic carbocycles. The van der Waals surface area contributed by atoms with Gasteiger partial charge in [-0.2, -0.15) is 0 Å². The molecule has 0 unspecified atom stereocenters. The molecule has 8 heteroatoms. The largest absolute Gasteiger partial charge is 0.481 e. The van der Waals surface area contributed by atoms with Gasteiger partial charge in [-0.1, -0.05) is 0 Å². The summed E-state index contributed by atoms with van der Waals surface area (Å²) in [6, 6.07) is 4.71. The Morgan fingerprint density at radius 2 is 2.16 bits per heavy atom. The van der Waals surface area contributed by atoms with Crippen LogP contribution in [0.15, 0.2) is 34.8 Å². The zero-order valence-corrected chi connectivity index (χ0v) is 11.4. The highest BCUT2D eigenvalue weighted by atomic mass is 32.2. The molecule has 6 nitrogen and oxygen atoms in total. The number of aliphatic carboxylic acids is 1. The van der Waals surface area contributed by atoms with Gasteiger partial charge in [0.25, 0.3) is 0 Å². The molecule has 19 heavy (non-hydrogen) atoms. The molecule has 0 saturated heterocycles. The molecule has 0 aliphatic heterocycles. The molecule has 2 rings (SSSR count). The predicted molar refractivity (Wildman–Crippen MR) is 70.5 cm³/mol. The van der Waals surface area contributed by atoms with Crippen LogP contribution in [0.3, 0.4) is 0 Å². The van der Waals surface area contributed by atoms with Crippen molar-refractivity contribution in [3.8, 4) is 0 Å². The van der Waals surface area contributed by atoms with Gasteiger partial charge in [0.15, 0.2) is 0 Å². The van der Waals surface area contributed by atoms with E-state index in [4.69, 9.17) is 5.11 Å². The van der Waals surface area contributed by atoms with E-state index in [1.54, 1.807) is 18.5 Å². The van der Waals surface area contributed by atoms with Gasteiger partial charge < -0.3 is 10.1 Å². The first-order valence-electron chi connectivity index (χ1n) is 5.39. The second kappa shape index (κ2) is 5.55. The van der Waals surface area contributed by atoms with Crippen LogP contribution in [0.25, 0.3) is 0 Å². The monoisotopic (exact) mass is 300 g/mol. The van der Waals surface area contributed by atoms with Crippen molar-refractivity contribution >= 4 is 27.3 Å². The van der Waals surface area contributed by atoms with Gasteiger partial charge in [-0.3, -0.25) is 4.79 Å². The molecular formula is C11H12N2O4S2. The zero-order chi connectivity index (χ0) is 13.9. The lowest BCUT2D eigenvalue weighted by Crippen LogP contribution is -2.22. The van der Waals surface area contributed by atoms with Crippen LogP contribution in [0.4, 0.5) is 0 Å². The molecule has 0 atom stereocenters. The number of carboxylic acid groups (broad SMARTS) is 1. The number of aromatic amines is 1. The van der Waals surface area contributed by atoms with E-state index in [9.17, 15) is 13.2 Å². The standard InChI is InChI=1S/C11H12N2O4S2/c14-10(15)5-9-1-2-11(18-9)19(16,17)13-7-8-3-4-12-6-8/h1-4,6,12-13H,5,7H2,(H,14,15). The van der Waals surface area contributed by atoms with Gasteiger partial charge in [0.1, 0.15) is 4.21 Å². The number of nitrogens with one attached hydrogen (secondary N) is 2. The number of carbonyl (C=O) groups is 1. The van der Waals surface area contributed by atoms with Gasteiger partial charge in [-0.05, 0) is 23.8 Å². The Hall–Kier alpha value is -1.64. The minimum absolute atomic E-state index is 0.124. The highest BCUT2D eigenvalue weighted by Gasteiger charge is 2.17. The molecule has 0 amide bonds. The molecule has 0 fully saturated rings. The van der Waals surface area contributed by atoms with E-state index in [-0.39, 0.29) is 17.2 Å². The van der Waals surface area contributed by atoms with Gasteiger partial charge in [-0.15, -0.1) is 11.3 Å². The summed E-state index contributed by atoms with van der Waals surface area (Å²) in [6.45, 7) is 0.192. The van der Waals surface area contributed by atoms with Crippen molar-refractivity contribution in [2.24, 2.45) is 0 Å². The number of hydrogen-bond donors (Lipinski definition) is 3. The number of rotatable bonds is 6. The molecule has 0 aliphatic carbocycles. The van der Waals surface area contributed by atoms with Crippen molar-refractivity contribution in [2.45, 2.75) is 17.2 Å².